The number of alkyl halides is 1. The number of aromatic nitrogens is 2. The first-order valence-electron chi connectivity index (χ1n) is 8.69. The standard InChI is InChI=1S/C16H26ClN5O3S2/c1-16(2,11-17)13(24)21-5-7-22(8-6-21)14-19-20-15(27-14)26-10-12(23)18-4-9-25-3/h4-11H2,1-3H3,(H,18,23). The maximum absolute atomic E-state index is 12.5. The summed E-state index contributed by atoms with van der Waals surface area (Å²) in [6.45, 7) is 7.44. The number of anilines is 1. The van der Waals surface area contributed by atoms with Gasteiger partial charge in [0.2, 0.25) is 16.9 Å². The summed E-state index contributed by atoms with van der Waals surface area (Å²) in [6.07, 6.45) is 0. The smallest absolute Gasteiger partial charge is 0.230 e. The second-order valence-corrected chi connectivity index (χ2v) is 9.22. The maximum Gasteiger partial charge on any atom is 0.230 e. The van der Waals surface area contributed by atoms with Gasteiger partial charge in [0, 0.05) is 45.7 Å². The zero-order chi connectivity index (χ0) is 19.9. The van der Waals surface area contributed by atoms with Gasteiger partial charge in [-0.3, -0.25) is 9.59 Å². The summed E-state index contributed by atoms with van der Waals surface area (Å²) in [5, 5.41) is 12.0. The van der Waals surface area contributed by atoms with Crippen molar-refractivity contribution >= 4 is 51.6 Å². The van der Waals surface area contributed by atoms with E-state index >= 15 is 0 Å². The van der Waals surface area contributed by atoms with Crippen molar-refractivity contribution in [3.63, 3.8) is 0 Å². The maximum atomic E-state index is 12.5. The lowest BCUT2D eigenvalue weighted by molar-refractivity contribution is -0.139. The number of nitrogens with one attached hydrogen (secondary N) is 1. The van der Waals surface area contributed by atoms with Gasteiger partial charge in [0.15, 0.2) is 4.34 Å². The third kappa shape index (κ3) is 6.48. The van der Waals surface area contributed by atoms with E-state index in [0.29, 0.717) is 51.0 Å². The van der Waals surface area contributed by atoms with Crippen LogP contribution in [0.3, 0.4) is 0 Å². The minimum Gasteiger partial charge on any atom is -0.383 e. The number of halogens is 1. The molecule has 8 nitrogen and oxygen atoms in total. The van der Waals surface area contributed by atoms with Crippen LogP contribution in [0, 0.1) is 5.41 Å². The van der Waals surface area contributed by atoms with E-state index in [9.17, 15) is 9.59 Å². The summed E-state index contributed by atoms with van der Waals surface area (Å²) in [6, 6.07) is 0. The van der Waals surface area contributed by atoms with Gasteiger partial charge in [-0.2, -0.15) is 0 Å². The lowest BCUT2D eigenvalue weighted by Crippen LogP contribution is -2.52. The van der Waals surface area contributed by atoms with Gasteiger partial charge < -0.3 is 19.9 Å². The molecule has 2 amide bonds. The van der Waals surface area contributed by atoms with Crippen LogP contribution in [0.2, 0.25) is 0 Å². The summed E-state index contributed by atoms with van der Waals surface area (Å²) < 4.78 is 5.65. The van der Waals surface area contributed by atoms with E-state index in [1.54, 1.807) is 7.11 Å². The predicted octanol–water partition coefficient (Wildman–Crippen LogP) is 1.31. The molecule has 0 bridgehead atoms. The van der Waals surface area contributed by atoms with E-state index in [-0.39, 0.29) is 11.8 Å². The number of thioether (sulfide) groups is 1. The Morgan fingerprint density at radius 2 is 2.00 bits per heavy atom. The van der Waals surface area contributed by atoms with Gasteiger partial charge in [0.1, 0.15) is 0 Å². The molecule has 1 saturated heterocycles. The highest BCUT2D eigenvalue weighted by Gasteiger charge is 2.33. The molecule has 0 aromatic carbocycles. The molecule has 2 rings (SSSR count). The van der Waals surface area contributed by atoms with Gasteiger partial charge >= 0.3 is 0 Å². The van der Waals surface area contributed by atoms with Crippen molar-refractivity contribution in [2.45, 2.75) is 18.2 Å². The molecule has 1 fully saturated rings. The summed E-state index contributed by atoms with van der Waals surface area (Å²) >= 11 is 8.75. The number of carbonyl (C=O) groups excluding carboxylic acids is 2. The van der Waals surface area contributed by atoms with Crippen molar-refractivity contribution in [1.82, 2.24) is 20.4 Å². The predicted molar refractivity (Wildman–Crippen MR) is 109 cm³/mol. The third-order valence-electron chi connectivity index (χ3n) is 4.10. The first-order valence-corrected chi connectivity index (χ1v) is 11.0. The number of methoxy groups -OCH3 is 1. The van der Waals surface area contributed by atoms with Crippen LogP contribution in [-0.4, -0.2) is 85.0 Å². The molecule has 0 atom stereocenters. The highest BCUT2D eigenvalue weighted by molar-refractivity contribution is 8.01. The minimum atomic E-state index is -0.542. The number of nitrogens with zero attached hydrogens (tertiary/aromatic N) is 4. The molecule has 0 unspecified atom stereocenters. The highest BCUT2D eigenvalue weighted by Crippen LogP contribution is 2.29. The summed E-state index contributed by atoms with van der Waals surface area (Å²) in [4.78, 5) is 28.2. The van der Waals surface area contributed by atoms with Gasteiger partial charge in [-0.05, 0) is 13.8 Å². The monoisotopic (exact) mass is 435 g/mol. The molecular formula is C16H26ClN5O3S2. The van der Waals surface area contributed by atoms with Gasteiger partial charge in [0.05, 0.1) is 17.8 Å². The Balaban J connectivity index is 1.79. The average Bonchev–Trinajstić information content (AvgIpc) is 3.15. The first-order chi connectivity index (χ1) is 12.9. The van der Waals surface area contributed by atoms with E-state index < -0.39 is 5.41 Å². The zero-order valence-corrected chi connectivity index (χ0v) is 18.3. The molecule has 0 radical (unpaired) electrons. The molecule has 1 aliphatic rings. The lowest BCUT2D eigenvalue weighted by atomic mass is 9.94. The van der Waals surface area contributed by atoms with E-state index in [2.05, 4.69) is 20.4 Å². The number of rotatable bonds is 9. The van der Waals surface area contributed by atoms with Crippen molar-refractivity contribution in [3.05, 3.63) is 0 Å². The number of ether oxygens (including phenoxy) is 1. The fraction of sp³-hybridized carbons (Fsp3) is 0.750. The largest absolute Gasteiger partial charge is 0.383 e. The Kier molecular flexibility index (Phi) is 8.59. The molecule has 11 heteroatoms. The van der Waals surface area contributed by atoms with E-state index in [1.807, 2.05) is 18.7 Å². The van der Waals surface area contributed by atoms with E-state index in [1.165, 1.54) is 23.1 Å². The fourth-order valence-corrected chi connectivity index (χ4v) is 4.28. The molecule has 0 saturated carbocycles. The number of carbonyl (C=O) groups is 2. The SMILES string of the molecule is COCCNC(=O)CSc1nnc(N2CCN(C(=O)C(C)(C)CCl)CC2)s1. The quantitative estimate of drug-likeness (QED) is 0.355. The topological polar surface area (TPSA) is 87.7 Å². The lowest BCUT2D eigenvalue weighted by Gasteiger charge is -2.37. The first kappa shape index (κ1) is 22.2. The number of amides is 2. The Morgan fingerprint density at radius 1 is 1.30 bits per heavy atom. The van der Waals surface area contributed by atoms with Crippen LogP contribution in [-0.2, 0) is 14.3 Å². The summed E-state index contributed by atoms with van der Waals surface area (Å²) in [5.74, 6) is 0.643. The highest BCUT2D eigenvalue weighted by atomic mass is 35.5. The van der Waals surface area contributed by atoms with Crippen molar-refractivity contribution in [3.8, 4) is 0 Å². The number of hydrogen-bond acceptors (Lipinski definition) is 8. The molecule has 1 aliphatic heterocycles. The molecule has 1 aromatic heterocycles. The van der Waals surface area contributed by atoms with Crippen LogP contribution >= 0.6 is 34.7 Å². The molecule has 0 spiro atoms. The molecule has 2 heterocycles. The third-order valence-corrected chi connectivity index (χ3v) is 6.89. The van der Waals surface area contributed by atoms with E-state index in [4.69, 9.17) is 16.3 Å². The minimum absolute atomic E-state index is 0.0529. The Bertz CT molecular complexity index is 635. The Morgan fingerprint density at radius 3 is 2.63 bits per heavy atom. The molecule has 0 aliphatic carbocycles. The Labute approximate surface area is 173 Å². The molecule has 152 valence electrons. The molecule has 27 heavy (non-hydrogen) atoms. The van der Waals surface area contributed by atoms with Crippen molar-refractivity contribution in [2.24, 2.45) is 5.41 Å². The van der Waals surface area contributed by atoms with Crippen LogP contribution < -0.4 is 10.2 Å². The van der Waals surface area contributed by atoms with Crippen molar-refractivity contribution < 1.29 is 14.3 Å². The second kappa shape index (κ2) is 10.4. The van der Waals surface area contributed by atoms with Crippen LogP contribution in [0.4, 0.5) is 5.13 Å². The average molecular weight is 436 g/mol. The summed E-state index contributed by atoms with van der Waals surface area (Å²) in [5.41, 5.74) is -0.542. The van der Waals surface area contributed by atoms with Crippen LogP contribution in [0.25, 0.3) is 0 Å². The van der Waals surface area contributed by atoms with Gasteiger partial charge in [-0.15, -0.1) is 21.8 Å². The van der Waals surface area contributed by atoms with Crippen molar-refractivity contribution in [1.29, 1.82) is 0 Å². The van der Waals surface area contributed by atoms with Crippen LogP contribution in [0.1, 0.15) is 13.8 Å². The normalized spacial score (nSPS) is 15.1. The second-order valence-electron chi connectivity index (χ2n) is 6.78. The van der Waals surface area contributed by atoms with Gasteiger partial charge in [-0.25, -0.2) is 0 Å². The van der Waals surface area contributed by atoms with Gasteiger partial charge in [0.25, 0.3) is 0 Å². The molecule has 1 aromatic rings. The van der Waals surface area contributed by atoms with Crippen LogP contribution in [0.5, 0.6) is 0 Å². The Hall–Kier alpha value is -1.10. The van der Waals surface area contributed by atoms with Crippen LogP contribution in [0.15, 0.2) is 4.34 Å². The summed E-state index contributed by atoms with van der Waals surface area (Å²) in [7, 11) is 1.60. The number of hydrogen-bond donors (Lipinski definition) is 1. The number of piperazine rings is 1. The fourth-order valence-electron chi connectivity index (χ4n) is 2.45. The van der Waals surface area contributed by atoms with Gasteiger partial charge in [-0.1, -0.05) is 23.1 Å². The molecular weight excluding hydrogens is 410 g/mol. The molecule has 1 N–H and O–H groups in total. The zero-order valence-electron chi connectivity index (χ0n) is 15.9. The van der Waals surface area contributed by atoms with E-state index in [0.717, 1.165) is 9.47 Å². The van der Waals surface area contributed by atoms with Crippen molar-refractivity contribution in [2.75, 3.05) is 63.0 Å².